The molecule has 4 nitrogen and oxygen atoms in total. The lowest BCUT2D eigenvalue weighted by Gasteiger charge is -2.16. The Balaban J connectivity index is 2.53. The number of alkyl halides is 1. The molecule has 0 fully saturated rings. The summed E-state index contributed by atoms with van der Waals surface area (Å²) in [5.41, 5.74) is 0.368. The van der Waals surface area contributed by atoms with E-state index in [2.05, 4.69) is 4.74 Å². The van der Waals surface area contributed by atoms with Gasteiger partial charge in [-0.15, -0.1) is 0 Å². The quantitative estimate of drug-likeness (QED) is 0.423. The van der Waals surface area contributed by atoms with E-state index in [4.69, 9.17) is 11.6 Å². The van der Waals surface area contributed by atoms with E-state index in [9.17, 15) is 14.4 Å². The predicted octanol–water partition coefficient (Wildman–Crippen LogP) is 1.56. The molecule has 0 saturated heterocycles. The number of esters is 1. The molecule has 16 heavy (non-hydrogen) atoms. The average Bonchev–Trinajstić information content (AvgIpc) is 2.42. The summed E-state index contributed by atoms with van der Waals surface area (Å²) < 4.78 is 4.63. The van der Waals surface area contributed by atoms with Gasteiger partial charge in [-0.2, -0.15) is 0 Å². The van der Waals surface area contributed by atoms with E-state index in [1.165, 1.54) is 12.1 Å². The van der Waals surface area contributed by atoms with Crippen LogP contribution in [0, 0.1) is 0 Å². The van der Waals surface area contributed by atoms with Crippen molar-refractivity contribution < 1.29 is 19.1 Å². The third-order valence-corrected chi connectivity index (χ3v) is 2.71. The van der Waals surface area contributed by atoms with Crippen LogP contribution in [0.2, 0.25) is 0 Å². The predicted molar refractivity (Wildman–Crippen MR) is 55.5 cm³/mol. The van der Waals surface area contributed by atoms with Crippen molar-refractivity contribution in [1.29, 1.82) is 0 Å². The Labute approximate surface area is 96.2 Å². The van der Waals surface area contributed by atoms with Crippen LogP contribution < -0.4 is 0 Å². The largest absolute Gasteiger partial charge is 0.427 e. The summed E-state index contributed by atoms with van der Waals surface area (Å²) in [5.74, 6) is -2.15. The summed E-state index contributed by atoms with van der Waals surface area (Å²) in [6, 6.07) is 6.17. The van der Waals surface area contributed by atoms with E-state index in [-0.39, 0.29) is 11.1 Å². The Hall–Kier alpha value is -1.68. The lowest BCUT2D eigenvalue weighted by molar-refractivity contribution is -0.144. The molecule has 0 aromatic heterocycles. The highest BCUT2D eigenvalue weighted by molar-refractivity contribution is 6.54. The van der Waals surface area contributed by atoms with Gasteiger partial charge in [0.1, 0.15) is 0 Å². The van der Waals surface area contributed by atoms with Crippen LogP contribution >= 0.6 is 11.6 Å². The topological polar surface area (TPSA) is 60.4 Å². The van der Waals surface area contributed by atoms with Gasteiger partial charge in [-0.05, 0) is 0 Å². The minimum Gasteiger partial charge on any atom is -0.427 e. The van der Waals surface area contributed by atoms with Crippen molar-refractivity contribution in [2.24, 2.45) is 0 Å². The fourth-order valence-electron chi connectivity index (χ4n) is 1.62. The van der Waals surface area contributed by atoms with Crippen molar-refractivity contribution >= 4 is 29.1 Å². The Bertz CT molecular complexity index is 471. The van der Waals surface area contributed by atoms with Crippen LogP contribution in [0.3, 0.4) is 0 Å². The second-order valence-corrected chi connectivity index (χ2v) is 3.93. The first-order valence-corrected chi connectivity index (χ1v) is 4.91. The van der Waals surface area contributed by atoms with Crippen LogP contribution in [0.25, 0.3) is 0 Å². The van der Waals surface area contributed by atoms with Gasteiger partial charge in [0, 0.05) is 18.1 Å². The number of rotatable bonds is 1. The van der Waals surface area contributed by atoms with Crippen LogP contribution in [0.4, 0.5) is 0 Å². The summed E-state index contributed by atoms with van der Waals surface area (Å²) in [6.07, 6.45) is 0. The van der Waals surface area contributed by atoms with Gasteiger partial charge in [-0.3, -0.25) is 14.4 Å². The van der Waals surface area contributed by atoms with Gasteiger partial charge in [0.25, 0.3) is 0 Å². The number of carbonyl (C=O) groups excluding carboxylic acids is 3. The zero-order valence-corrected chi connectivity index (χ0v) is 9.08. The Kier molecular flexibility index (Phi) is 2.31. The monoisotopic (exact) mass is 238 g/mol. The first-order chi connectivity index (χ1) is 7.47. The molecule has 0 atom stereocenters. The standard InChI is InChI=1S/C11H7ClO4/c1-6(13)16-11(12)9(14)7-4-2-3-5-8(7)10(11)15/h2-5H,1H3. The molecule has 2 rings (SSSR count). The van der Waals surface area contributed by atoms with Gasteiger partial charge < -0.3 is 4.74 Å². The number of hydrogen-bond donors (Lipinski definition) is 0. The summed E-state index contributed by atoms with van der Waals surface area (Å²) in [5, 5.41) is -2.21. The third kappa shape index (κ3) is 1.34. The highest BCUT2D eigenvalue weighted by atomic mass is 35.5. The summed E-state index contributed by atoms with van der Waals surface area (Å²) in [7, 11) is 0. The SMILES string of the molecule is CC(=O)OC1(Cl)C(=O)c2ccccc2C1=O. The fraction of sp³-hybridized carbons (Fsp3) is 0.182. The summed E-state index contributed by atoms with van der Waals surface area (Å²) >= 11 is 5.79. The molecule has 1 aromatic carbocycles. The van der Waals surface area contributed by atoms with Gasteiger partial charge in [0.2, 0.25) is 11.6 Å². The van der Waals surface area contributed by atoms with Crippen molar-refractivity contribution in [3.05, 3.63) is 35.4 Å². The minimum atomic E-state index is -2.21. The van der Waals surface area contributed by atoms with Crippen molar-refractivity contribution in [1.82, 2.24) is 0 Å². The molecule has 1 aliphatic carbocycles. The Morgan fingerprint density at radius 1 is 1.19 bits per heavy atom. The maximum atomic E-state index is 11.8. The normalized spacial score (nSPS) is 17.1. The van der Waals surface area contributed by atoms with Gasteiger partial charge in [-0.25, -0.2) is 0 Å². The zero-order valence-electron chi connectivity index (χ0n) is 8.32. The van der Waals surface area contributed by atoms with Gasteiger partial charge in [0.15, 0.2) is 0 Å². The van der Waals surface area contributed by atoms with Gasteiger partial charge >= 0.3 is 11.0 Å². The van der Waals surface area contributed by atoms with Crippen molar-refractivity contribution in [2.45, 2.75) is 12.0 Å². The molecular formula is C11H7ClO4. The van der Waals surface area contributed by atoms with Crippen LogP contribution in [-0.4, -0.2) is 22.6 Å². The highest BCUT2D eigenvalue weighted by Crippen LogP contribution is 2.35. The molecule has 1 aliphatic rings. The number of hydrogen-bond acceptors (Lipinski definition) is 4. The molecule has 5 heteroatoms. The van der Waals surface area contributed by atoms with Crippen LogP contribution in [-0.2, 0) is 9.53 Å². The van der Waals surface area contributed by atoms with Crippen molar-refractivity contribution in [3.8, 4) is 0 Å². The number of ketones is 2. The molecule has 0 spiro atoms. The maximum Gasteiger partial charge on any atom is 0.311 e. The fourth-order valence-corrected chi connectivity index (χ4v) is 1.93. The van der Waals surface area contributed by atoms with Gasteiger partial charge in [-0.1, -0.05) is 35.9 Å². The number of carbonyl (C=O) groups is 3. The first kappa shape index (κ1) is 10.8. The van der Waals surface area contributed by atoms with E-state index in [0.29, 0.717) is 0 Å². The van der Waals surface area contributed by atoms with Crippen molar-refractivity contribution in [3.63, 3.8) is 0 Å². The number of fused-ring (bicyclic) bond motifs is 1. The van der Waals surface area contributed by atoms with E-state index >= 15 is 0 Å². The number of ether oxygens (including phenoxy) is 1. The molecule has 0 radical (unpaired) electrons. The highest BCUT2D eigenvalue weighted by Gasteiger charge is 2.55. The van der Waals surface area contributed by atoms with Crippen LogP contribution in [0.1, 0.15) is 27.6 Å². The smallest absolute Gasteiger partial charge is 0.311 e. The molecule has 0 unspecified atom stereocenters. The molecule has 0 bridgehead atoms. The number of benzene rings is 1. The van der Waals surface area contributed by atoms with Crippen molar-refractivity contribution in [2.75, 3.05) is 0 Å². The lowest BCUT2D eigenvalue weighted by Crippen LogP contribution is -2.39. The molecule has 0 N–H and O–H groups in total. The first-order valence-electron chi connectivity index (χ1n) is 4.54. The summed E-state index contributed by atoms with van der Waals surface area (Å²) in [6.45, 7) is 1.09. The van der Waals surface area contributed by atoms with Crippen LogP contribution in [0.5, 0.6) is 0 Å². The van der Waals surface area contributed by atoms with E-state index < -0.39 is 22.6 Å². The van der Waals surface area contributed by atoms with E-state index in [1.807, 2.05) is 0 Å². The molecule has 1 aromatic rings. The molecule has 0 saturated carbocycles. The van der Waals surface area contributed by atoms with Crippen LogP contribution in [0.15, 0.2) is 24.3 Å². The minimum absolute atomic E-state index is 0.184. The third-order valence-electron chi connectivity index (χ3n) is 2.28. The maximum absolute atomic E-state index is 11.8. The Morgan fingerprint density at radius 3 is 2.00 bits per heavy atom. The van der Waals surface area contributed by atoms with E-state index in [0.717, 1.165) is 6.92 Å². The van der Waals surface area contributed by atoms with Gasteiger partial charge in [0.05, 0.1) is 0 Å². The zero-order chi connectivity index (χ0) is 11.9. The molecule has 0 heterocycles. The average molecular weight is 239 g/mol. The summed E-state index contributed by atoms with van der Waals surface area (Å²) in [4.78, 5) is 34.5. The second kappa shape index (κ2) is 3.42. The molecule has 82 valence electrons. The lowest BCUT2D eigenvalue weighted by atomic mass is 10.1. The number of Topliss-reactive ketones (excluding diaryl/α,β-unsaturated/α-hetero) is 2. The molecule has 0 aliphatic heterocycles. The molecule has 0 amide bonds. The molecular weight excluding hydrogens is 232 g/mol. The second-order valence-electron chi connectivity index (χ2n) is 3.39. The number of halogens is 1. The van der Waals surface area contributed by atoms with E-state index in [1.54, 1.807) is 12.1 Å². The Morgan fingerprint density at radius 2 is 1.62 bits per heavy atom.